The Kier molecular flexibility index (Phi) is 2.53. The second-order valence-corrected chi connectivity index (χ2v) is 5.16. The fraction of sp³-hybridized carbons (Fsp3) is 0.417. The number of hydrogen-bond acceptors (Lipinski definition) is 4. The summed E-state index contributed by atoms with van der Waals surface area (Å²) in [5.41, 5.74) is 6.01. The first-order chi connectivity index (χ1) is 7.84. The van der Waals surface area contributed by atoms with Crippen molar-refractivity contribution in [3.63, 3.8) is 0 Å². The Morgan fingerprint density at radius 1 is 1.38 bits per heavy atom. The highest BCUT2D eigenvalue weighted by Crippen LogP contribution is 2.30. The van der Waals surface area contributed by atoms with Crippen LogP contribution in [0.15, 0.2) is 24.3 Å². The lowest BCUT2D eigenvalue weighted by molar-refractivity contribution is 0.505. The van der Waals surface area contributed by atoms with Gasteiger partial charge in [-0.3, -0.25) is 0 Å². The fourth-order valence-electron chi connectivity index (χ4n) is 2.30. The predicted octanol–water partition coefficient (Wildman–Crippen LogP) is 2.22. The molecule has 0 spiro atoms. The molecule has 1 fully saturated rings. The summed E-state index contributed by atoms with van der Waals surface area (Å²) in [5.74, 6) is 1.12. The van der Waals surface area contributed by atoms with E-state index in [0.29, 0.717) is 6.04 Å². The summed E-state index contributed by atoms with van der Waals surface area (Å²) in [6.45, 7) is 2.02. The molecule has 1 saturated heterocycles. The molecular formula is C12H15N3S. The van der Waals surface area contributed by atoms with E-state index in [1.165, 1.54) is 16.5 Å². The van der Waals surface area contributed by atoms with E-state index in [2.05, 4.69) is 33.5 Å². The summed E-state index contributed by atoms with van der Waals surface area (Å²) < 4.78 is 5.83. The zero-order valence-corrected chi connectivity index (χ0v) is 9.91. The molecule has 1 aromatic heterocycles. The lowest BCUT2D eigenvalue weighted by Gasteiger charge is -2.31. The first kappa shape index (κ1) is 10.1. The molecule has 1 aromatic carbocycles. The van der Waals surface area contributed by atoms with Gasteiger partial charge in [0.05, 0.1) is 4.70 Å². The van der Waals surface area contributed by atoms with Gasteiger partial charge in [-0.2, -0.15) is 4.37 Å². The normalized spacial score (nSPS) is 21.6. The Morgan fingerprint density at radius 2 is 2.25 bits per heavy atom. The van der Waals surface area contributed by atoms with Crippen LogP contribution in [0.1, 0.15) is 12.8 Å². The summed E-state index contributed by atoms with van der Waals surface area (Å²) >= 11 is 1.58. The summed E-state index contributed by atoms with van der Waals surface area (Å²) in [6, 6.07) is 8.71. The van der Waals surface area contributed by atoms with Crippen molar-refractivity contribution < 1.29 is 0 Å². The van der Waals surface area contributed by atoms with Crippen LogP contribution < -0.4 is 10.6 Å². The Morgan fingerprint density at radius 3 is 3.12 bits per heavy atom. The molecule has 0 aliphatic carbocycles. The summed E-state index contributed by atoms with van der Waals surface area (Å²) in [7, 11) is 0. The molecule has 2 heterocycles. The maximum atomic E-state index is 6.01. The number of rotatable bonds is 1. The van der Waals surface area contributed by atoms with E-state index >= 15 is 0 Å². The van der Waals surface area contributed by atoms with Crippen LogP contribution in [0.25, 0.3) is 10.1 Å². The zero-order chi connectivity index (χ0) is 11.0. The van der Waals surface area contributed by atoms with Gasteiger partial charge in [-0.1, -0.05) is 12.1 Å². The highest BCUT2D eigenvalue weighted by Gasteiger charge is 2.20. The van der Waals surface area contributed by atoms with Crippen molar-refractivity contribution in [2.75, 3.05) is 18.0 Å². The number of fused-ring (bicyclic) bond motifs is 1. The standard InChI is InChI=1S/C12H15N3S/c13-9-4-3-7-15(8-9)12-10-5-1-2-6-11(10)16-14-12/h1-2,5-6,9H,3-4,7-8,13H2/t9-/m0/s1. The molecule has 3 nitrogen and oxygen atoms in total. The van der Waals surface area contributed by atoms with Gasteiger partial charge in [0.1, 0.15) is 5.82 Å². The molecule has 1 aliphatic rings. The van der Waals surface area contributed by atoms with Gasteiger partial charge >= 0.3 is 0 Å². The third-order valence-corrected chi connectivity index (χ3v) is 3.93. The van der Waals surface area contributed by atoms with Crippen LogP contribution in [0.3, 0.4) is 0 Å². The molecule has 1 aliphatic heterocycles. The molecule has 84 valence electrons. The van der Waals surface area contributed by atoms with Crippen molar-refractivity contribution in [3.8, 4) is 0 Å². The van der Waals surface area contributed by atoms with Gasteiger partial charge < -0.3 is 10.6 Å². The van der Waals surface area contributed by atoms with Crippen LogP contribution in [0.4, 0.5) is 5.82 Å². The Balaban J connectivity index is 1.99. The van der Waals surface area contributed by atoms with Crippen molar-refractivity contribution in [1.82, 2.24) is 4.37 Å². The van der Waals surface area contributed by atoms with Gasteiger partial charge in [-0.15, -0.1) is 0 Å². The van der Waals surface area contributed by atoms with Crippen molar-refractivity contribution in [2.24, 2.45) is 5.73 Å². The maximum absolute atomic E-state index is 6.01. The number of hydrogen-bond donors (Lipinski definition) is 1. The van der Waals surface area contributed by atoms with E-state index in [-0.39, 0.29) is 0 Å². The average Bonchev–Trinajstić information content (AvgIpc) is 2.72. The van der Waals surface area contributed by atoms with E-state index in [0.717, 1.165) is 25.3 Å². The lowest BCUT2D eigenvalue weighted by atomic mass is 10.1. The number of benzene rings is 1. The average molecular weight is 233 g/mol. The van der Waals surface area contributed by atoms with Gasteiger partial charge in [0, 0.05) is 24.5 Å². The number of piperidine rings is 1. The summed E-state index contributed by atoms with van der Waals surface area (Å²) in [6.07, 6.45) is 2.31. The van der Waals surface area contributed by atoms with E-state index < -0.39 is 0 Å². The molecule has 2 aromatic rings. The molecule has 16 heavy (non-hydrogen) atoms. The highest BCUT2D eigenvalue weighted by atomic mass is 32.1. The Labute approximate surface area is 99.0 Å². The summed E-state index contributed by atoms with van der Waals surface area (Å²) in [5, 5.41) is 1.27. The molecule has 0 bridgehead atoms. The molecular weight excluding hydrogens is 218 g/mol. The fourth-order valence-corrected chi connectivity index (χ4v) is 3.10. The van der Waals surface area contributed by atoms with E-state index in [4.69, 9.17) is 5.73 Å². The maximum Gasteiger partial charge on any atom is 0.150 e. The second kappa shape index (κ2) is 4.03. The molecule has 2 N–H and O–H groups in total. The number of nitrogens with zero attached hydrogens (tertiary/aromatic N) is 2. The minimum absolute atomic E-state index is 0.300. The van der Waals surface area contributed by atoms with Crippen molar-refractivity contribution >= 4 is 27.4 Å². The Hall–Kier alpha value is -1.13. The van der Waals surface area contributed by atoms with E-state index in [1.807, 2.05) is 0 Å². The van der Waals surface area contributed by atoms with E-state index in [9.17, 15) is 0 Å². The quantitative estimate of drug-likeness (QED) is 0.821. The largest absolute Gasteiger partial charge is 0.354 e. The van der Waals surface area contributed by atoms with E-state index in [1.54, 1.807) is 11.5 Å². The lowest BCUT2D eigenvalue weighted by Crippen LogP contribution is -2.43. The van der Waals surface area contributed by atoms with Gasteiger partial charge in [0.25, 0.3) is 0 Å². The predicted molar refractivity (Wildman–Crippen MR) is 69.0 cm³/mol. The van der Waals surface area contributed by atoms with Crippen LogP contribution in [-0.4, -0.2) is 23.5 Å². The summed E-state index contributed by atoms with van der Waals surface area (Å²) in [4.78, 5) is 2.33. The number of aromatic nitrogens is 1. The number of anilines is 1. The molecule has 1 atom stereocenters. The number of nitrogens with two attached hydrogens (primary N) is 1. The molecule has 4 heteroatoms. The van der Waals surface area contributed by atoms with Gasteiger partial charge in [0.2, 0.25) is 0 Å². The minimum Gasteiger partial charge on any atom is -0.354 e. The van der Waals surface area contributed by atoms with Gasteiger partial charge in [-0.05, 0) is 36.5 Å². The van der Waals surface area contributed by atoms with Crippen molar-refractivity contribution in [3.05, 3.63) is 24.3 Å². The smallest absolute Gasteiger partial charge is 0.150 e. The molecule has 0 saturated carbocycles. The topological polar surface area (TPSA) is 42.1 Å². The molecule has 0 unspecified atom stereocenters. The second-order valence-electron chi connectivity index (χ2n) is 4.35. The molecule has 3 rings (SSSR count). The van der Waals surface area contributed by atoms with Crippen LogP contribution in [-0.2, 0) is 0 Å². The Bertz CT molecular complexity index is 494. The van der Waals surface area contributed by atoms with Gasteiger partial charge in [-0.25, -0.2) is 0 Å². The highest BCUT2D eigenvalue weighted by molar-refractivity contribution is 7.13. The van der Waals surface area contributed by atoms with Crippen LogP contribution in [0, 0.1) is 0 Å². The molecule has 0 amide bonds. The third-order valence-electron chi connectivity index (χ3n) is 3.12. The van der Waals surface area contributed by atoms with Gasteiger partial charge in [0.15, 0.2) is 0 Å². The van der Waals surface area contributed by atoms with Crippen molar-refractivity contribution in [2.45, 2.75) is 18.9 Å². The van der Waals surface area contributed by atoms with Crippen LogP contribution >= 0.6 is 11.5 Å². The minimum atomic E-state index is 0.300. The van der Waals surface area contributed by atoms with Crippen LogP contribution in [0.2, 0.25) is 0 Å². The van der Waals surface area contributed by atoms with Crippen LogP contribution in [0.5, 0.6) is 0 Å². The SMILES string of the molecule is N[C@H]1CCCN(c2nsc3ccccc23)C1. The van der Waals surface area contributed by atoms with Crippen molar-refractivity contribution in [1.29, 1.82) is 0 Å². The first-order valence-electron chi connectivity index (χ1n) is 5.69. The molecule has 0 radical (unpaired) electrons. The third kappa shape index (κ3) is 1.68. The zero-order valence-electron chi connectivity index (χ0n) is 9.10. The first-order valence-corrected chi connectivity index (χ1v) is 6.47. The monoisotopic (exact) mass is 233 g/mol.